The van der Waals surface area contributed by atoms with E-state index in [0.717, 1.165) is 48.4 Å². The minimum absolute atomic E-state index is 0.00804. The standard InChI is InChI=1S/C64H116F8N2O26S2/c1-3-7-57(101)9-5-13-77-17-21-81-25-29-85-33-37-89-41-45-93-49-53-97-54-50-94-46-42-90-38-34-86-30-26-82-22-18-78-14-6-10-58(75)61(65,66)99-63(69,70)64(71,72)100-62(67,68)60(76)74-12-16-80-20-24-84-28-32-88-36-40-92-44-48-96-52-56-98-55-51-95-47-43-91-39-35-87-31-27-83-23-19-79-15-11-73-59(102)8-4-2/h3-56H2,1-2H3,(H,73,102)(H,74,76). The first-order valence-corrected chi connectivity index (χ1v) is 35.4. The molecule has 1 amide bonds. The third kappa shape index (κ3) is 67.0. The van der Waals surface area contributed by atoms with E-state index in [4.69, 9.17) is 129 Å². The SMILES string of the molecule is CCCC(=S)CCCOCCOCCOCCOCCOCCOCCOCCOCCOCCOCCOCCCC(=O)C(F)(F)OC(F)(F)C(F)(F)OC(F)(F)C(=O)NCCOCCOCCOCCOCCOCCOCCOCCOCCOCCOCCOCCNC(=S)CCC. The molecule has 0 rings (SSSR count). The van der Waals surface area contributed by atoms with Crippen LogP contribution in [0.2, 0.25) is 0 Å². The molecule has 2 N–H and O–H groups in total. The van der Waals surface area contributed by atoms with Gasteiger partial charge in [0.1, 0.15) is 0 Å². The Hall–Kier alpha value is -2.40. The van der Waals surface area contributed by atoms with E-state index in [0.29, 0.717) is 211 Å². The van der Waals surface area contributed by atoms with E-state index in [9.17, 15) is 44.7 Å². The number of ether oxygens (including phenoxy) is 24. The number of carbonyl (C=O) groups excluding carboxylic acids is 2. The van der Waals surface area contributed by atoms with Gasteiger partial charge in [-0.15, -0.1) is 0 Å². The van der Waals surface area contributed by atoms with Crippen molar-refractivity contribution in [1.82, 2.24) is 10.6 Å². The van der Waals surface area contributed by atoms with Crippen molar-refractivity contribution in [1.29, 1.82) is 0 Å². The third-order valence-corrected chi connectivity index (χ3v) is 13.2. The molecule has 102 heavy (non-hydrogen) atoms. The topological polar surface area (TPSA) is 280 Å². The summed E-state index contributed by atoms with van der Waals surface area (Å²) in [6, 6.07) is 0. The summed E-state index contributed by atoms with van der Waals surface area (Å²) in [6.07, 6.45) is -20.2. The van der Waals surface area contributed by atoms with Gasteiger partial charge in [0.25, 0.3) is 0 Å². The Morgan fingerprint density at radius 3 is 0.716 bits per heavy atom. The monoisotopic (exact) mass is 1540 g/mol. The number of thiocarbonyl (C=S) groups is 2. The fourth-order valence-electron chi connectivity index (χ4n) is 7.32. The van der Waals surface area contributed by atoms with Crippen LogP contribution in [0.3, 0.4) is 0 Å². The summed E-state index contributed by atoms with van der Waals surface area (Å²) in [4.78, 5) is 25.7. The molecule has 606 valence electrons. The van der Waals surface area contributed by atoms with E-state index < -0.39 is 62.1 Å². The molecule has 0 heterocycles. The van der Waals surface area contributed by atoms with Crippen molar-refractivity contribution in [2.75, 3.05) is 304 Å². The molecular formula is C64H116F8N2O26S2. The number of amides is 1. The molecule has 38 heteroatoms. The lowest BCUT2D eigenvalue weighted by Gasteiger charge is -2.30. The molecule has 0 aromatic rings. The molecular weight excluding hydrogens is 1430 g/mol. The minimum Gasteiger partial charge on any atom is -0.379 e. The number of halogens is 8. The lowest BCUT2D eigenvalue weighted by Crippen LogP contribution is -2.56. The van der Waals surface area contributed by atoms with E-state index in [2.05, 4.69) is 28.6 Å². The average Bonchev–Trinajstić information content (AvgIpc) is 0.781. The van der Waals surface area contributed by atoms with Gasteiger partial charge < -0.3 is 115 Å². The second-order valence-electron chi connectivity index (χ2n) is 21.0. The smallest absolute Gasteiger partial charge is 0.379 e. The minimum atomic E-state index is -6.54. The summed E-state index contributed by atoms with van der Waals surface area (Å²) in [7, 11) is 0. The largest absolute Gasteiger partial charge is 0.453 e. The molecule has 0 aromatic heterocycles. The van der Waals surface area contributed by atoms with Gasteiger partial charge >= 0.3 is 30.3 Å². The Labute approximate surface area is 606 Å². The highest BCUT2D eigenvalue weighted by Gasteiger charge is 2.69. The predicted molar refractivity (Wildman–Crippen MR) is 359 cm³/mol. The van der Waals surface area contributed by atoms with Gasteiger partial charge in [0.15, 0.2) is 0 Å². The molecule has 0 bridgehead atoms. The van der Waals surface area contributed by atoms with Gasteiger partial charge in [-0.1, -0.05) is 44.7 Å². The predicted octanol–water partition coefficient (Wildman–Crippen LogP) is 5.89. The third-order valence-electron chi connectivity index (χ3n) is 12.4. The Kier molecular flexibility index (Phi) is 71.1. The Morgan fingerprint density at radius 1 is 0.265 bits per heavy atom. The first-order valence-electron chi connectivity index (χ1n) is 34.6. The molecule has 0 saturated heterocycles. The molecule has 28 nitrogen and oxygen atoms in total. The Morgan fingerprint density at radius 2 is 0.471 bits per heavy atom. The fourth-order valence-corrected chi connectivity index (χ4v) is 7.97. The molecule has 0 unspecified atom stereocenters. The van der Waals surface area contributed by atoms with E-state index >= 15 is 0 Å². The number of alkyl halides is 8. The highest BCUT2D eigenvalue weighted by molar-refractivity contribution is 7.80. The highest BCUT2D eigenvalue weighted by Crippen LogP contribution is 2.43. The molecule has 0 aliphatic rings. The maximum atomic E-state index is 14.2. The zero-order valence-corrected chi connectivity index (χ0v) is 61.3. The van der Waals surface area contributed by atoms with Crippen molar-refractivity contribution in [2.45, 2.75) is 89.6 Å². The van der Waals surface area contributed by atoms with Crippen LogP contribution < -0.4 is 10.6 Å². The summed E-state index contributed by atoms with van der Waals surface area (Å²) in [5.41, 5.74) is 0. The van der Waals surface area contributed by atoms with Crippen LogP contribution >= 0.6 is 24.4 Å². The van der Waals surface area contributed by atoms with Crippen LogP contribution in [0.1, 0.15) is 65.2 Å². The summed E-state index contributed by atoms with van der Waals surface area (Å²) < 4.78 is 237. The average molecular weight is 1550 g/mol. The van der Waals surface area contributed by atoms with E-state index in [1.165, 1.54) is 5.32 Å². The molecule has 0 aromatic carbocycles. The molecule has 0 saturated carbocycles. The molecule has 0 fully saturated rings. The maximum absolute atomic E-state index is 14.2. The van der Waals surface area contributed by atoms with Crippen molar-refractivity contribution in [3.8, 4) is 0 Å². The van der Waals surface area contributed by atoms with Gasteiger partial charge in [-0.2, -0.15) is 35.1 Å². The zero-order chi connectivity index (χ0) is 74.9. The number of hydrogen-bond acceptors (Lipinski definition) is 28. The lowest BCUT2D eigenvalue weighted by atomic mass is 10.2. The quantitative estimate of drug-likeness (QED) is 0.0408. The molecule has 0 atom stereocenters. The van der Waals surface area contributed by atoms with E-state index in [-0.39, 0.29) is 79.3 Å². The number of ketones is 1. The van der Waals surface area contributed by atoms with Crippen LogP contribution in [0.4, 0.5) is 35.1 Å². The number of hydrogen-bond donors (Lipinski definition) is 2. The summed E-state index contributed by atoms with van der Waals surface area (Å²) in [5.74, 6) is -5.04. The highest BCUT2D eigenvalue weighted by atomic mass is 32.1. The summed E-state index contributed by atoms with van der Waals surface area (Å²) >= 11 is 10.5. The van der Waals surface area contributed by atoms with Gasteiger partial charge in [-0.3, -0.25) is 9.59 Å². The Balaban J connectivity index is 3.67. The van der Waals surface area contributed by atoms with Gasteiger partial charge in [0.2, 0.25) is 5.78 Å². The van der Waals surface area contributed by atoms with Crippen LogP contribution in [-0.4, -0.2) is 350 Å². The number of Topliss-reactive ketones (excluding diaryl/α,β-unsaturated/α-hetero) is 1. The normalized spacial score (nSPS) is 12.3. The molecule has 0 aliphatic carbocycles. The number of rotatable bonds is 85. The van der Waals surface area contributed by atoms with Crippen LogP contribution in [-0.2, 0) is 123 Å². The van der Waals surface area contributed by atoms with E-state index in [1.807, 2.05) is 0 Å². The van der Waals surface area contributed by atoms with Crippen molar-refractivity contribution in [3.63, 3.8) is 0 Å². The van der Waals surface area contributed by atoms with Gasteiger partial charge in [0, 0.05) is 32.7 Å². The van der Waals surface area contributed by atoms with Crippen molar-refractivity contribution in [3.05, 3.63) is 0 Å². The Bertz CT molecular complexity index is 1780. The number of nitrogens with one attached hydrogen (secondary N) is 2. The second kappa shape index (κ2) is 72.8. The van der Waals surface area contributed by atoms with Gasteiger partial charge in [-0.05, 0) is 43.4 Å². The molecule has 0 aliphatic heterocycles. The molecule has 0 spiro atoms. The maximum Gasteiger partial charge on any atom is 0.453 e. The van der Waals surface area contributed by atoms with Crippen molar-refractivity contribution < 1.29 is 158 Å². The van der Waals surface area contributed by atoms with Crippen LogP contribution in [0, 0.1) is 0 Å². The number of carbonyl (C=O) groups is 2. The van der Waals surface area contributed by atoms with Crippen LogP contribution in [0.25, 0.3) is 0 Å². The van der Waals surface area contributed by atoms with Crippen molar-refractivity contribution in [2.24, 2.45) is 0 Å². The first kappa shape index (κ1) is 99.6. The summed E-state index contributed by atoms with van der Waals surface area (Å²) in [6.45, 7) is 18.1. The second-order valence-corrected chi connectivity index (χ2v) is 22.1. The van der Waals surface area contributed by atoms with E-state index in [1.54, 1.807) is 0 Å². The van der Waals surface area contributed by atoms with Crippen LogP contribution in [0.5, 0.6) is 0 Å². The first-order chi connectivity index (χ1) is 49.4. The zero-order valence-electron chi connectivity index (χ0n) is 59.6. The van der Waals surface area contributed by atoms with Crippen LogP contribution in [0.15, 0.2) is 0 Å². The van der Waals surface area contributed by atoms with Gasteiger partial charge in [0.05, 0.1) is 282 Å². The van der Waals surface area contributed by atoms with Gasteiger partial charge in [-0.25, -0.2) is 9.47 Å². The fraction of sp³-hybridized carbons (Fsp3) is 0.938. The summed E-state index contributed by atoms with van der Waals surface area (Å²) in [5, 5.41) is 4.56. The van der Waals surface area contributed by atoms with Crippen molar-refractivity contribution >= 4 is 46.0 Å². The molecule has 0 radical (unpaired) electrons. The lowest BCUT2D eigenvalue weighted by molar-refractivity contribution is -0.499.